The fraction of sp³-hybridized carbons (Fsp3) is 0.400. The number of ether oxygens (including phenoxy) is 2. The van der Waals surface area contributed by atoms with Gasteiger partial charge >= 0.3 is 11.9 Å². The number of rotatable bonds is 18. The zero-order chi connectivity index (χ0) is 42.1. The molecule has 9 N–H and O–H groups in total. The van der Waals surface area contributed by atoms with Crippen LogP contribution in [0.5, 0.6) is 5.75 Å². The van der Waals surface area contributed by atoms with Crippen molar-refractivity contribution < 1.29 is 28.4 Å². The van der Waals surface area contributed by atoms with Crippen molar-refractivity contribution in [1.29, 1.82) is 0 Å². The molecule has 1 aliphatic rings. The number of carbonyl (C=O) groups excluding carboxylic acids is 3. The van der Waals surface area contributed by atoms with E-state index in [9.17, 15) is 14.4 Å². The number of fused-ring (bicyclic) bond motifs is 2. The maximum atomic E-state index is 13.6. The number of amides is 3. The van der Waals surface area contributed by atoms with Gasteiger partial charge < -0.3 is 26.7 Å². The molecular weight excluding hydrogens is 757 g/mol. The van der Waals surface area contributed by atoms with Crippen LogP contribution in [0.15, 0.2) is 59.4 Å². The number of hydrogen-bond donors (Lipinski definition) is 6. The number of nitrogens with zero attached hydrogens (tertiary/aromatic N) is 8. The number of primary amides is 1. The van der Waals surface area contributed by atoms with Gasteiger partial charge in [-0.3, -0.25) is 34.0 Å². The summed E-state index contributed by atoms with van der Waals surface area (Å²) in [7, 11) is 0. The Morgan fingerprint density at radius 3 is 2.61 bits per heavy atom. The molecule has 19 nitrogen and oxygen atoms in total. The molecule has 0 saturated carbocycles. The normalized spacial score (nSPS) is 14.1. The van der Waals surface area contributed by atoms with Gasteiger partial charge in [0.2, 0.25) is 11.9 Å². The first kappa shape index (κ1) is 42.2. The number of imidazole rings is 2. The van der Waals surface area contributed by atoms with Crippen LogP contribution in [0.25, 0.3) is 22.2 Å². The number of aliphatic imine (C=N–C) groups is 1. The van der Waals surface area contributed by atoms with Crippen LogP contribution in [-0.2, 0) is 35.7 Å². The van der Waals surface area contributed by atoms with Gasteiger partial charge in [0.05, 0.1) is 32.1 Å². The van der Waals surface area contributed by atoms with Crippen molar-refractivity contribution in [1.82, 2.24) is 34.2 Å². The Kier molecular flexibility index (Phi) is 13.8. The van der Waals surface area contributed by atoms with E-state index in [-0.39, 0.29) is 36.8 Å². The molecular formula is C40H53N14O5+. The van der Waals surface area contributed by atoms with Crippen LogP contribution >= 0.6 is 0 Å². The predicted octanol–water partition coefficient (Wildman–Crippen LogP) is 2.15. The van der Waals surface area contributed by atoms with Crippen molar-refractivity contribution in [3.05, 3.63) is 76.9 Å². The molecule has 1 aromatic carbocycles. The van der Waals surface area contributed by atoms with E-state index in [4.69, 9.17) is 31.7 Å². The van der Waals surface area contributed by atoms with Gasteiger partial charge in [-0.05, 0) is 70.0 Å². The molecule has 4 aromatic heterocycles. The van der Waals surface area contributed by atoms with Gasteiger partial charge in [0, 0.05) is 63.3 Å². The summed E-state index contributed by atoms with van der Waals surface area (Å²) in [5.74, 6) is -0.466. The summed E-state index contributed by atoms with van der Waals surface area (Å²) >= 11 is 0. The number of aromatic amines is 1. The number of aryl methyl sites for hydroxylation is 2. The number of nitrogens with two attached hydrogens (primary N) is 3. The van der Waals surface area contributed by atoms with E-state index in [2.05, 4.69) is 35.6 Å². The predicted molar refractivity (Wildman–Crippen MR) is 224 cm³/mol. The minimum atomic E-state index is -0.630. The van der Waals surface area contributed by atoms with Crippen LogP contribution in [0.2, 0.25) is 0 Å². The Bertz CT molecular complexity index is 2410. The minimum Gasteiger partial charge on any atom is -0.490 e. The Hall–Kier alpha value is -6.44. The molecule has 19 heteroatoms. The average Bonchev–Trinajstić information content (AvgIpc) is 3.89. The van der Waals surface area contributed by atoms with Crippen molar-refractivity contribution in [3.8, 4) is 5.75 Å². The third kappa shape index (κ3) is 10.2. The summed E-state index contributed by atoms with van der Waals surface area (Å²) in [5, 5.41) is 10.3. The van der Waals surface area contributed by atoms with Crippen molar-refractivity contribution in [3.63, 3.8) is 0 Å². The van der Waals surface area contributed by atoms with E-state index in [1.54, 1.807) is 40.6 Å². The lowest BCUT2D eigenvalue weighted by Crippen LogP contribution is -2.38. The van der Waals surface area contributed by atoms with E-state index >= 15 is 0 Å². The highest BCUT2D eigenvalue weighted by atomic mass is 16.5. The number of nitrogens with one attached hydrogen (secondary N) is 3. The SMILES string of the molecule is CCN=C(/C=C(/C)N)C(=O)Nc1[nH]c2cc(C(N)=O)cc(OCCCN3CCOCC3)c2[n+]1C/C=C/Cn1c(NC(=O)c2cc(C)nn2CC)nc2cc(CN)cnc21. The van der Waals surface area contributed by atoms with Gasteiger partial charge in [-0.25, -0.2) is 29.6 Å². The Morgan fingerprint density at radius 1 is 1.10 bits per heavy atom. The zero-order valence-corrected chi connectivity index (χ0v) is 34.0. The third-order valence-corrected chi connectivity index (χ3v) is 9.57. The monoisotopic (exact) mass is 809 g/mol. The second-order valence-corrected chi connectivity index (χ2v) is 14.0. The van der Waals surface area contributed by atoms with Gasteiger partial charge in [-0.15, -0.1) is 0 Å². The van der Waals surface area contributed by atoms with Crippen LogP contribution in [0.1, 0.15) is 59.3 Å². The summed E-state index contributed by atoms with van der Waals surface area (Å²) in [6.45, 7) is 13.2. The molecule has 312 valence electrons. The van der Waals surface area contributed by atoms with Crippen molar-refractivity contribution >= 4 is 57.5 Å². The topological polar surface area (TPSA) is 256 Å². The smallest absolute Gasteiger partial charge is 0.363 e. The molecule has 0 unspecified atom stereocenters. The summed E-state index contributed by atoms with van der Waals surface area (Å²) in [6, 6.07) is 6.81. The molecule has 1 fully saturated rings. The average molecular weight is 810 g/mol. The lowest BCUT2D eigenvalue weighted by Gasteiger charge is -2.26. The number of aromatic nitrogens is 7. The number of pyridine rings is 1. The molecule has 59 heavy (non-hydrogen) atoms. The number of benzene rings is 1. The molecule has 1 aliphatic heterocycles. The highest BCUT2D eigenvalue weighted by Crippen LogP contribution is 2.27. The molecule has 0 aliphatic carbocycles. The maximum absolute atomic E-state index is 13.6. The van der Waals surface area contributed by atoms with Crippen LogP contribution < -0.4 is 37.1 Å². The number of H-pyrrole nitrogens is 1. The number of morpholine rings is 1. The van der Waals surface area contributed by atoms with Crippen molar-refractivity contribution in [2.75, 3.05) is 56.6 Å². The van der Waals surface area contributed by atoms with Gasteiger partial charge in [0.25, 0.3) is 5.91 Å². The Balaban J connectivity index is 1.34. The van der Waals surface area contributed by atoms with Gasteiger partial charge in [0.1, 0.15) is 22.4 Å². The molecule has 0 atom stereocenters. The number of allylic oxidation sites excluding steroid dienone is 3. The Labute approximate surface area is 341 Å². The van der Waals surface area contributed by atoms with E-state index in [0.717, 1.165) is 37.3 Å². The van der Waals surface area contributed by atoms with Gasteiger partial charge in [-0.2, -0.15) is 5.10 Å². The summed E-state index contributed by atoms with van der Waals surface area (Å²) in [4.78, 5) is 58.9. The second kappa shape index (κ2) is 19.3. The summed E-state index contributed by atoms with van der Waals surface area (Å²) in [5.41, 5.74) is 22.6. The molecule has 0 spiro atoms. The number of carbonyl (C=O) groups is 3. The third-order valence-electron chi connectivity index (χ3n) is 9.57. The Morgan fingerprint density at radius 2 is 1.90 bits per heavy atom. The molecule has 6 rings (SSSR count). The molecule has 0 bridgehead atoms. The van der Waals surface area contributed by atoms with Crippen molar-refractivity contribution in [2.24, 2.45) is 22.2 Å². The molecule has 0 radical (unpaired) electrons. The highest BCUT2D eigenvalue weighted by molar-refractivity contribution is 6.47. The van der Waals surface area contributed by atoms with Crippen LogP contribution in [0.4, 0.5) is 11.9 Å². The first-order chi connectivity index (χ1) is 28.5. The molecule has 5 aromatic rings. The van der Waals surface area contributed by atoms with Gasteiger partial charge in [-0.1, -0.05) is 12.2 Å². The second-order valence-electron chi connectivity index (χ2n) is 14.0. The van der Waals surface area contributed by atoms with E-state index in [1.807, 2.05) is 43.6 Å². The summed E-state index contributed by atoms with van der Waals surface area (Å²) < 4.78 is 17.1. The van der Waals surface area contributed by atoms with Crippen molar-refractivity contribution in [2.45, 2.75) is 60.3 Å². The first-order valence-electron chi connectivity index (χ1n) is 19.7. The highest BCUT2D eigenvalue weighted by Gasteiger charge is 2.26. The van der Waals surface area contributed by atoms with Crippen LogP contribution in [0, 0.1) is 6.92 Å². The number of anilines is 2. The van der Waals surface area contributed by atoms with E-state index in [1.165, 1.54) is 6.08 Å². The standard InChI is InChI=1S/C40H52N14O5/c1-5-44-31(18-25(3)42)37(56)48-39-46-29-21-28(35(43)55)22-33(59-15-9-10-51-13-16-58-17-14-51)34(29)52(39)11-7-8-12-53-36-30(20-27(23-41)24-45-36)47-40(53)49-38(57)32-19-26(4)50-54(32)6-2/h7-8,18-22,24H,5-6,9-17,23,41H2,1-4H3,(H6,42,43,44,46,47,48,49,55,56,57)/p+1/b8-7+. The largest absolute Gasteiger partial charge is 0.490 e. The summed E-state index contributed by atoms with van der Waals surface area (Å²) in [6.07, 6.45) is 7.73. The molecule has 1 saturated heterocycles. The van der Waals surface area contributed by atoms with Gasteiger partial charge in [0.15, 0.2) is 16.9 Å². The lowest BCUT2D eigenvalue weighted by atomic mass is 10.1. The maximum Gasteiger partial charge on any atom is 0.363 e. The lowest BCUT2D eigenvalue weighted by molar-refractivity contribution is -0.646. The molecule has 3 amide bonds. The molecule has 5 heterocycles. The zero-order valence-electron chi connectivity index (χ0n) is 34.0. The van der Waals surface area contributed by atoms with Crippen LogP contribution in [-0.4, -0.2) is 104 Å². The quantitative estimate of drug-likeness (QED) is 0.0324. The minimum absolute atomic E-state index is 0.148. The van der Waals surface area contributed by atoms with E-state index < -0.39 is 11.8 Å². The fourth-order valence-electron chi connectivity index (χ4n) is 6.79. The fourth-order valence-corrected chi connectivity index (χ4v) is 6.79. The van der Waals surface area contributed by atoms with Crippen LogP contribution in [0.3, 0.4) is 0 Å². The number of hydrogen-bond acceptors (Lipinski definition) is 12. The van der Waals surface area contributed by atoms with E-state index in [0.29, 0.717) is 84.1 Å². The first-order valence-corrected chi connectivity index (χ1v) is 19.7.